The van der Waals surface area contributed by atoms with E-state index in [-0.39, 0.29) is 5.41 Å². The molecule has 0 bridgehead atoms. The van der Waals surface area contributed by atoms with E-state index in [0.29, 0.717) is 6.04 Å². The van der Waals surface area contributed by atoms with Crippen molar-refractivity contribution in [3.63, 3.8) is 0 Å². The molecular formula is C14H18BrN. The summed E-state index contributed by atoms with van der Waals surface area (Å²) in [5, 5.41) is 0. The molecule has 2 N–H and O–H groups in total. The standard InChI is InChI=1S/C14H18BrN/c15-11-5-3-4-10-6-7-12(16)14(13(10)11)8-1-2-9-14/h3-5,12H,1-2,6-9,16H2. The van der Waals surface area contributed by atoms with Gasteiger partial charge in [-0.2, -0.15) is 0 Å². The lowest BCUT2D eigenvalue weighted by Gasteiger charge is -2.42. The highest BCUT2D eigenvalue weighted by Gasteiger charge is 2.45. The Morgan fingerprint density at radius 1 is 1.25 bits per heavy atom. The lowest BCUT2D eigenvalue weighted by atomic mass is 9.66. The maximum atomic E-state index is 6.44. The summed E-state index contributed by atoms with van der Waals surface area (Å²) < 4.78 is 1.28. The van der Waals surface area contributed by atoms with Crippen LogP contribution < -0.4 is 5.73 Å². The molecule has 0 amide bonds. The van der Waals surface area contributed by atoms with Crippen molar-refractivity contribution >= 4 is 15.9 Å². The molecule has 3 rings (SSSR count). The normalized spacial score (nSPS) is 27.0. The van der Waals surface area contributed by atoms with Gasteiger partial charge in [-0.3, -0.25) is 0 Å². The number of fused-ring (bicyclic) bond motifs is 2. The van der Waals surface area contributed by atoms with Gasteiger partial charge >= 0.3 is 0 Å². The van der Waals surface area contributed by atoms with Gasteiger partial charge in [0, 0.05) is 15.9 Å². The summed E-state index contributed by atoms with van der Waals surface area (Å²) in [6.07, 6.45) is 7.55. The van der Waals surface area contributed by atoms with E-state index in [0.717, 1.165) is 12.8 Å². The number of rotatable bonds is 0. The molecule has 2 aliphatic rings. The molecule has 86 valence electrons. The molecule has 0 heterocycles. The molecule has 0 saturated heterocycles. The van der Waals surface area contributed by atoms with Crippen molar-refractivity contribution in [3.8, 4) is 0 Å². The Labute approximate surface area is 106 Å². The molecule has 0 radical (unpaired) electrons. The summed E-state index contributed by atoms with van der Waals surface area (Å²) in [5.74, 6) is 0. The second-order valence-electron chi connectivity index (χ2n) is 5.28. The largest absolute Gasteiger partial charge is 0.327 e. The summed E-state index contributed by atoms with van der Waals surface area (Å²) >= 11 is 3.74. The first-order valence-electron chi connectivity index (χ1n) is 6.27. The Kier molecular flexibility index (Phi) is 2.60. The first-order chi connectivity index (χ1) is 7.74. The van der Waals surface area contributed by atoms with Gasteiger partial charge in [-0.1, -0.05) is 40.9 Å². The average molecular weight is 280 g/mol. The second kappa shape index (κ2) is 3.85. The molecule has 0 aromatic heterocycles. The first-order valence-corrected chi connectivity index (χ1v) is 7.07. The average Bonchev–Trinajstić information content (AvgIpc) is 2.74. The minimum atomic E-state index is 0.285. The summed E-state index contributed by atoms with van der Waals surface area (Å²) in [6, 6.07) is 6.98. The van der Waals surface area contributed by atoms with Gasteiger partial charge in [-0.15, -0.1) is 0 Å². The van der Waals surface area contributed by atoms with Crippen LogP contribution in [0.2, 0.25) is 0 Å². The van der Waals surface area contributed by atoms with Gasteiger partial charge in [0.2, 0.25) is 0 Å². The van der Waals surface area contributed by atoms with Crippen LogP contribution in [0.1, 0.15) is 43.2 Å². The molecule has 16 heavy (non-hydrogen) atoms. The van der Waals surface area contributed by atoms with E-state index in [1.165, 1.54) is 41.3 Å². The molecule has 1 atom stereocenters. The van der Waals surface area contributed by atoms with Crippen LogP contribution in [0, 0.1) is 0 Å². The molecule has 2 aliphatic carbocycles. The van der Waals surface area contributed by atoms with Gasteiger partial charge in [0.05, 0.1) is 0 Å². The van der Waals surface area contributed by atoms with E-state index in [1.807, 2.05) is 0 Å². The minimum absolute atomic E-state index is 0.285. The second-order valence-corrected chi connectivity index (χ2v) is 6.14. The molecule has 1 spiro atoms. The summed E-state index contributed by atoms with van der Waals surface area (Å²) in [4.78, 5) is 0. The van der Waals surface area contributed by atoms with Crippen LogP contribution in [-0.2, 0) is 11.8 Å². The fourth-order valence-electron chi connectivity index (χ4n) is 3.73. The monoisotopic (exact) mass is 279 g/mol. The molecule has 1 nitrogen and oxygen atoms in total. The smallest absolute Gasteiger partial charge is 0.0216 e. The third-order valence-corrected chi connectivity index (χ3v) is 5.19. The minimum Gasteiger partial charge on any atom is -0.327 e. The number of hydrogen-bond acceptors (Lipinski definition) is 1. The Balaban J connectivity index is 2.19. The third-order valence-electron chi connectivity index (χ3n) is 4.53. The molecular weight excluding hydrogens is 262 g/mol. The molecule has 2 heteroatoms. The van der Waals surface area contributed by atoms with Crippen molar-refractivity contribution in [1.82, 2.24) is 0 Å². The predicted octanol–water partition coefficient (Wildman–Crippen LogP) is 3.53. The van der Waals surface area contributed by atoms with Crippen molar-refractivity contribution < 1.29 is 0 Å². The van der Waals surface area contributed by atoms with Crippen LogP contribution in [0.4, 0.5) is 0 Å². The molecule has 1 aromatic rings. The summed E-state index contributed by atoms with van der Waals surface area (Å²) in [6.45, 7) is 0. The Morgan fingerprint density at radius 3 is 2.75 bits per heavy atom. The predicted molar refractivity (Wildman–Crippen MR) is 70.6 cm³/mol. The van der Waals surface area contributed by atoms with E-state index in [4.69, 9.17) is 5.73 Å². The molecule has 1 aromatic carbocycles. The number of nitrogens with two attached hydrogens (primary N) is 1. The maximum absolute atomic E-state index is 6.44. The van der Waals surface area contributed by atoms with E-state index in [1.54, 1.807) is 0 Å². The van der Waals surface area contributed by atoms with Gasteiger partial charge in [-0.05, 0) is 42.9 Å². The molecule has 0 aliphatic heterocycles. The number of benzene rings is 1. The fourth-order valence-corrected chi connectivity index (χ4v) is 4.54. The van der Waals surface area contributed by atoms with Crippen molar-refractivity contribution in [3.05, 3.63) is 33.8 Å². The zero-order chi connectivity index (χ0) is 11.2. The number of halogens is 1. The topological polar surface area (TPSA) is 26.0 Å². The maximum Gasteiger partial charge on any atom is 0.0216 e. The van der Waals surface area contributed by atoms with E-state index in [2.05, 4.69) is 34.1 Å². The van der Waals surface area contributed by atoms with Gasteiger partial charge in [0.1, 0.15) is 0 Å². The van der Waals surface area contributed by atoms with Crippen LogP contribution in [0.3, 0.4) is 0 Å². The third kappa shape index (κ3) is 1.39. The zero-order valence-corrected chi connectivity index (χ0v) is 11.1. The highest BCUT2D eigenvalue weighted by Crippen LogP contribution is 2.50. The number of hydrogen-bond donors (Lipinski definition) is 1. The van der Waals surface area contributed by atoms with Crippen molar-refractivity contribution in [2.45, 2.75) is 50.0 Å². The lowest BCUT2D eigenvalue weighted by molar-refractivity contribution is 0.312. The Morgan fingerprint density at radius 2 is 2.00 bits per heavy atom. The molecule has 1 saturated carbocycles. The first kappa shape index (κ1) is 10.8. The summed E-state index contributed by atoms with van der Waals surface area (Å²) in [7, 11) is 0. The van der Waals surface area contributed by atoms with Crippen molar-refractivity contribution in [1.29, 1.82) is 0 Å². The molecule has 1 unspecified atom stereocenters. The lowest BCUT2D eigenvalue weighted by Crippen LogP contribution is -2.47. The van der Waals surface area contributed by atoms with E-state index in [9.17, 15) is 0 Å². The number of aryl methyl sites for hydroxylation is 1. The quantitative estimate of drug-likeness (QED) is 0.773. The van der Waals surface area contributed by atoms with E-state index >= 15 is 0 Å². The fraction of sp³-hybridized carbons (Fsp3) is 0.571. The Hall–Kier alpha value is -0.340. The van der Waals surface area contributed by atoms with Crippen molar-refractivity contribution in [2.24, 2.45) is 5.73 Å². The van der Waals surface area contributed by atoms with Crippen LogP contribution in [0.25, 0.3) is 0 Å². The van der Waals surface area contributed by atoms with E-state index < -0.39 is 0 Å². The highest BCUT2D eigenvalue weighted by molar-refractivity contribution is 9.10. The van der Waals surface area contributed by atoms with Crippen LogP contribution in [-0.4, -0.2) is 6.04 Å². The SMILES string of the molecule is NC1CCc2cccc(Br)c2C12CCCC2. The van der Waals surface area contributed by atoms with Gasteiger partial charge < -0.3 is 5.73 Å². The zero-order valence-electron chi connectivity index (χ0n) is 9.51. The highest BCUT2D eigenvalue weighted by atomic mass is 79.9. The van der Waals surface area contributed by atoms with Gasteiger partial charge in [0.25, 0.3) is 0 Å². The van der Waals surface area contributed by atoms with Gasteiger partial charge in [-0.25, -0.2) is 0 Å². The summed E-state index contributed by atoms with van der Waals surface area (Å²) in [5.41, 5.74) is 9.78. The molecule has 1 fully saturated rings. The van der Waals surface area contributed by atoms with Crippen molar-refractivity contribution in [2.75, 3.05) is 0 Å². The van der Waals surface area contributed by atoms with Crippen LogP contribution in [0.15, 0.2) is 22.7 Å². The Bertz CT molecular complexity index is 407. The van der Waals surface area contributed by atoms with Crippen LogP contribution >= 0.6 is 15.9 Å². The van der Waals surface area contributed by atoms with Gasteiger partial charge in [0.15, 0.2) is 0 Å². The van der Waals surface area contributed by atoms with Crippen LogP contribution in [0.5, 0.6) is 0 Å².